The summed E-state index contributed by atoms with van der Waals surface area (Å²) in [6.07, 6.45) is 0.432. The molecular weight excluding hydrogens is 398 g/mol. The van der Waals surface area contributed by atoms with Crippen molar-refractivity contribution in [3.05, 3.63) is 78.9 Å². The van der Waals surface area contributed by atoms with Gasteiger partial charge in [0.15, 0.2) is 0 Å². The third kappa shape index (κ3) is 6.20. The van der Waals surface area contributed by atoms with E-state index in [0.717, 1.165) is 28.2 Å². The maximum Gasteiger partial charge on any atom is 0.221 e. The van der Waals surface area contributed by atoms with Crippen molar-refractivity contribution in [3.8, 4) is 11.1 Å². The second-order valence-electron chi connectivity index (χ2n) is 6.44. The number of anilines is 3. The molecule has 3 N–H and O–H groups in total. The van der Waals surface area contributed by atoms with E-state index in [1.54, 1.807) is 0 Å². The molecule has 0 aliphatic heterocycles. The van der Waals surface area contributed by atoms with Crippen molar-refractivity contribution >= 4 is 57.4 Å². The number of rotatable bonds is 6. The molecule has 0 fully saturated rings. The summed E-state index contributed by atoms with van der Waals surface area (Å²) < 4.78 is 0. The molecule has 0 bridgehead atoms. The minimum Gasteiger partial charge on any atom is -0.350 e. The minimum atomic E-state index is -0.103. The summed E-state index contributed by atoms with van der Waals surface area (Å²) in [5.41, 5.74) is 4.74. The summed E-state index contributed by atoms with van der Waals surface area (Å²) in [5.74, 6) is -0.103. The van der Waals surface area contributed by atoms with Crippen LogP contribution in [0.25, 0.3) is 11.1 Å². The van der Waals surface area contributed by atoms with Gasteiger partial charge in [-0.3, -0.25) is 4.79 Å². The van der Waals surface area contributed by atoms with Crippen LogP contribution in [-0.2, 0) is 4.79 Å². The van der Waals surface area contributed by atoms with E-state index in [1.807, 2.05) is 60.7 Å². The van der Waals surface area contributed by atoms with Gasteiger partial charge in [-0.05, 0) is 35.9 Å². The topological polar surface area (TPSA) is 53.2 Å². The van der Waals surface area contributed by atoms with E-state index in [0.29, 0.717) is 16.4 Å². The Bertz CT molecular complexity index is 1020. The number of thiocarbonyl (C=S) groups is 2. The Kier molecular flexibility index (Phi) is 7.05. The molecule has 4 nitrogen and oxygen atoms in total. The Morgan fingerprint density at radius 3 is 1.93 bits per heavy atom. The number of para-hydroxylation sites is 1. The molecule has 0 atom stereocenters. The summed E-state index contributed by atoms with van der Waals surface area (Å²) in [7, 11) is 0. The molecule has 0 aliphatic carbocycles. The van der Waals surface area contributed by atoms with E-state index in [-0.39, 0.29) is 5.91 Å². The summed E-state index contributed by atoms with van der Waals surface area (Å²) in [6, 6.07) is 25.6. The van der Waals surface area contributed by atoms with Crippen LogP contribution in [0.3, 0.4) is 0 Å². The van der Waals surface area contributed by atoms with Gasteiger partial charge < -0.3 is 16.0 Å². The first-order valence-electron chi connectivity index (χ1n) is 9.13. The number of carbonyl (C=O) groups is 1. The van der Waals surface area contributed by atoms with Gasteiger partial charge in [-0.15, -0.1) is 0 Å². The maximum atomic E-state index is 11.1. The van der Waals surface area contributed by atoms with Crippen LogP contribution in [0.5, 0.6) is 0 Å². The number of carbonyl (C=O) groups excluding carboxylic acids is 1. The fraction of sp³-hybridized carbons (Fsp3) is 0.0870. The van der Waals surface area contributed by atoms with Crippen LogP contribution in [-0.4, -0.2) is 15.9 Å². The maximum absolute atomic E-state index is 11.1. The number of benzene rings is 3. The second-order valence-corrected chi connectivity index (χ2v) is 7.43. The average Bonchev–Trinajstić information content (AvgIpc) is 2.70. The zero-order valence-corrected chi connectivity index (χ0v) is 17.6. The molecular formula is C23H21N3OS2. The molecule has 0 radical (unpaired) electrons. The van der Waals surface area contributed by atoms with E-state index < -0.39 is 0 Å². The van der Waals surface area contributed by atoms with Gasteiger partial charge in [0.05, 0.1) is 9.98 Å². The van der Waals surface area contributed by atoms with Gasteiger partial charge in [0.25, 0.3) is 0 Å². The fourth-order valence-electron chi connectivity index (χ4n) is 2.85. The molecule has 1 amide bonds. The monoisotopic (exact) mass is 419 g/mol. The molecule has 0 aliphatic rings. The first-order valence-corrected chi connectivity index (χ1v) is 9.95. The van der Waals surface area contributed by atoms with Crippen LogP contribution in [0.1, 0.15) is 13.3 Å². The van der Waals surface area contributed by atoms with Crippen molar-refractivity contribution in [2.75, 3.05) is 16.0 Å². The number of amides is 1. The first-order chi connectivity index (χ1) is 14.0. The highest BCUT2D eigenvalue weighted by atomic mass is 32.1. The van der Waals surface area contributed by atoms with Crippen LogP contribution in [0.2, 0.25) is 0 Å². The lowest BCUT2D eigenvalue weighted by molar-refractivity contribution is -0.114. The Morgan fingerprint density at radius 2 is 1.28 bits per heavy atom. The molecule has 0 heterocycles. The molecule has 6 heteroatoms. The molecule has 3 rings (SSSR count). The number of hydrogen-bond donors (Lipinski definition) is 3. The molecule has 146 valence electrons. The molecule has 0 unspecified atom stereocenters. The van der Waals surface area contributed by atoms with E-state index in [1.165, 1.54) is 6.92 Å². The average molecular weight is 420 g/mol. The molecule has 0 saturated heterocycles. The Morgan fingerprint density at radius 1 is 0.724 bits per heavy atom. The molecule has 29 heavy (non-hydrogen) atoms. The van der Waals surface area contributed by atoms with Gasteiger partial charge >= 0.3 is 0 Å². The van der Waals surface area contributed by atoms with E-state index in [4.69, 9.17) is 24.4 Å². The quantitative estimate of drug-likeness (QED) is 0.436. The number of hydrogen-bond acceptors (Lipinski definition) is 3. The largest absolute Gasteiger partial charge is 0.350 e. The van der Waals surface area contributed by atoms with Gasteiger partial charge in [-0.25, -0.2) is 0 Å². The van der Waals surface area contributed by atoms with Gasteiger partial charge in [-0.2, -0.15) is 0 Å². The summed E-state index contributed by atoms with van der Waals surface area (Å²) in [4.78, 5) is 12.4. The zero-order valence-electron chi connectivity index (χ0n) is 15.9. The second kappa shape index (κ2) is 9.91. The highest BCUT2D eigenvalue weighted by molar-refractivity contribution is 7.82. The molecule has 0 aromatic heterocycles. The molecule has 0 spiro atoms. The Balaban J connectivity index is 1.60. The first kappa shape index (κ1) is 20.6. The van der Waals surface area contributed by atoms with Crippen molar-refractivity contribution in [1.82, 2.24) is 0 Å². The van der Waals surface area contributed by atoms with Crippen LogP contribution in [0.4, 0.5) is 17.1 Å². The predicted octanol–water partition coefficient (Wildman–Crippen LogP) is 5.88. The SMILES string of the molecule is CC(=O)Nc1ccc(NC(=S)CC(=S)Nc2ccccc2-c2ccccc2)cc1. The molecule has 3 aromatic carbocycles. The van der Waals surface area contributed by atoms with Crippen molar-refractivity contribution in [3.63, 3.8) is 0 Å². The van der Waals surface area contributed by atoms with Crippen LogP contribution < -0.4 is 16.0 Å². The number of nitrogens with one attached hydrogen (secondary N) is 3. The molecule has 3 aromatic rings. The lowest BCUT2D eigenvalue weighted by Crippen LogP contribution is -2.19. The fourth-order valence-corrected chi connectivity index (χ4v) is 3.45. The predicted molar refractivity (Wildman–Crippen MR) is 130 cm³/mol. The zero-order chi connectivity index (χ0) is 20.6. The van der Waals surface area contributed by atoms with Crippen LogP contribution in [0.15, 0.2) is 78.9 Å². The van der Waals surface area contributed by atoms with Gasteiger partial charge in [0, 0.05) is 36.0 Å². The van der Waals surface area contributed by atoms with Crippen molar-refractivity contribution < 1.29 is 4.79 Å². The Hall–Kier alpha value is -3.09. The van der Waals surface area contributed by atoms with Crippen LogP contribution in [0, 0.1) is 0 Å². The third-order valence-corrected chi connectivity index (χ3v) is 4.59. The van der Waals surface area contributed by atoms with Crippen molar-refractivity contribution in [2.45, 2.75) is 13.3 Å². The highest BCUT2D eigenvalue weighted by Gasteiger charge is 2.08. The lowest BCUT2D eigenvalue weighted by Gasteiger charge is -2.14. The van der Waals surface area contributed by atoms with Crippen molar-refractivity contribution in [1.29, 1.82) is 0 Å². The smallest absolute Gasteiger partial charge is 0.221 e. The highest BCUT2D eigenvalue weighted by Crippen LogP contribution is 2.27. The molecule has 0 saturated carbocycles. The lowest BCUT2D eigenvalue weighted by atomic mass is 10.0. The van der Waals surface area contributed by atoms with Gasteiger partial charge in [0.1, 0.15) is 0 Å². The standard InChI is InChI=1S/C23H21N3OS2/c1-16(27)24-18-11-13-19(14-12-18)25-22(28)15-23(29)26-21-10-6-5-9-20(21)17-7-3-2-4-8-17/h2-14H,15H2,1H3,(H,24,27)(H,25,28)(H,26,29). The normalized spacial score (nSPS) is 10.1. The van der Waals surface area contributed by atoms with Gasteiger partial charge in [0.2, 0.25) is 5.91 Å². The van der Waals surface area contributed by atoms with E-state index >= 15 is 0 Å². The van der Waals surface area contributed by atoms with Crippen molar-refractivity contribution in [2.24, 2.45) is 0 Å². The van der Waals surface area contributed by atoms with Gasteiger partial charge in [-0.1, -0.05) is 73.0 Å². The van der Waals surface area contributed by atoms with Crippen LogP contribution >= 0.6 is 24.4 Å². The summed E-state index contributed by atoms with van der Waals surface area (Å²) in [6.45, 7) is 1.48. The Labute approximate surface area is 181 Å². The third-order valence-electron chi connectivity index (χ3n) is 4.10. The summed E-state index contributed by atoms with van der Waals surface area (Å²) in [5, 5.41) is 9.22. The van der Waals surface area contributed by atoms with E-state index in [9.17, 15) is 4.79 Å². The van der Waals surface area contributed by atoms with E-state index in [2.05, 4.69) is 34.1 Å². The summed E-state index contributed by atoms with van der Waals surface area (Å²) >= 11 is 11.0. The minimum absolute atomic E-state index is 0.103.